The van der Waals surface area contributed by atoms with Gasteiger partial charge in [0.15, 0.2) is 0 Å². The summed E-state index contributed by atoms with van der Waals surface area (Å²) in [4.78, 5) is 27.7. The number of fused-ring (bicyclic) bond motifs is 5. The molecule has 1 aromatic heterocycles. The third-order valence-electron chi connectivity index (χ3n) is 5.68. The standard InChI is InChI=1S/C20H21ClN4O3/c1-10-13(6-5-11(8-22)15(10)21)25-17(26)16-14-7-12(24(16)19(25)28)9-23(14)18(27)20(2,3)4/h5-6,12,14,26H,7,9H2,1-4H3/t12-,14?/m1/s1. The summed E-state index contributed by atoms with van der Waals surface area (Å²) in [5.41, 5.74) is 0.860. The number of carbonyl (C=O) groups excluding carboxylic acids is 1. The number of hydrogen-bond acceptors (Lipinski definition) is 4. The van der Waals surface area contributed by atoms with Crippen molar-refractivity contribution in [3.63, 3.8) is 0 Å². The Morgan fingerprint density at radius 2 is 2.04 bits per heavy atom. The fourth-order valence-corrected chi connectivity index (χ4v) is 4.52. The molecule has 2 aliphatic rings. The van der Waals surface area contributed by atoms with E-state index in [1.807, 2.05) is 26.8 Å². The molecule has 1 unspecified atom stereocenters. The van der Waals surface area contributed by atoms with Crippen LogP contribution >= 0.6 is 11.6 Å². The van der Waals surface area contributed by atoms with Crippen LogP contribution in [0.15, 0.2) is 16.9 Å². The minimum atomic E-state index is -0.537. The van der Waals surface area contributed by atoms with Crippen LogP contribution in [0.3, 0.4) is 0 Å². The number of carbonyl (C=O) groups is 1. The van der Waals surface area contributed by atoms with Gasteiger partial charge in [-0.3, -0.25) is 9.36 Å². The van der Waals surface area contributed by atoms with Gasteiger partial charge in [-0.25, -0.2) is 9.36 Å². The summed E-state index contributed by atoms with van der Waals surface area (Å²) >= 11 is 6.25. The first kappa shape index (κ1) is 18.6. The molecule has 1 saturated heterocycles. The third kappa shape index (κ3) is 2.34. The van der Waals surface area contributed by atoms with Crippen molar-refractivity contribution in [3.05, 3.63) is 44.5 Å². The molecule has 8 heteroatoms. The maximum absolute atomic E-state index is 13.1. The number of nitriles is 1. The van der Waals surface area contributed by atoms with Crippen molar-refractivity contribution in [3.8, 4) is 17.6 Å². The van der Waals surface area contributed by atoms with Crippen molar-refractivity contribution in [1.82, 2.24) is 14.0 Å². The van der Waals surface area contributed by atoms with Crippen LogP contribution in [0.5, 0.6) is 5.88 Å². The molecule has 1 aromatic carbocycles. The van der Waals surface area contributed by atoms with Gasteiger partial charge < -0.3 is 10.0 Å². The van der Waals surface area contributed by atoms with E-state index in [1.54, 1.807) is 22.5 Å². The zero-order valence-electron chi connectivity index (χ0n) is 16.2. The molecule has 3 heterocycles. The summed E-state index contributed by atoms with van der Waals surface area (Å²) in [5, 5.41) is 20.3. The van der Waals surface area contributed by atoms with Crippen molar-refractivity contribution >= 4 is 17.5 Å². The molecule has 1 amide bonds. The number of aromatic hydroxyl groups is 1. The van der Waals surface area contributed by atoms with Crippen LogP contribution in [0.2, 0.25) is 5.02 Å². The Morgan fingerprint density at radius 1 is 1.36 bits per heavy atom. The molecule has 7 nitrogen and oxygen atoms in total. The lowest BCUT2D eigenvalue weighted by atomic mass is 9.94. The fourth-order valence-electron chi connectivity index (χ4n) is 4.32. The van der Waals surface area contributed by atoms with Gasteiger partial charge in [0.1, 0.15) is 11.8 Å². The summed E-state index contributed by atoms with van der Waals surface area (Å²) in [6.07, 6.45) is 0.633. The number of halogens is 1. The first-order valence-electron chi connectivity index (χ1n) is 9.14. The van der Waals surface area contributed by atoms with Crippen LogP contribution in [0.4, 0.5) is 0 Å². The zero-order chi connectivity index (χ0) is 20.5. The zero-order valence-corrected chi connectivity index (χ0v) is 16.9. The van der Waals surface area contributed by atoms with Gasteiger partial charge in [-0.2, -0.15) is 5.26 Å². The van der Waals surface area contributed by atoms with Gasteiger partial charge in [-0.15, -0.1) is 0 Å². The quantitative estimate of drug-likeness (QED) is 0.796. The third-order valence-corrected chi connectivity index (χ3v) is 6.17. The minimum absolute atomic E-state index is 0.00319. The Labute approximate surface area is 167 Å². The molecular weight excluding hydrogens is 380 g/mol. The van der Waals surface area contributed by atoms with E-state index in [4.69, 9.17) is 16.9 Å². The number of likely N-dealkylation sites (tertiary alicyclic amines) is 1. The topological polar surface area (TPSA) is 91.3 Å². The molecule has 1 fully saturated rings. The SMILES string of the molecule is Cc1c(-n2c(O)c3n(c2=O)[C@@H]2CC3N(C(=O)C(C)(C)C)C2)ccc(C#N)c1Cl. The molecule has 0 aliphatic carbocycles. The van der Waals surface area contributed by atoms with Crippen LogP contribution in [0.1, 0.15) is 56.1 Å². The van der Waals surface area contributed by atoms with E-state index < -0.39 is 5.41 Å². The second-order valence-electron chi connectivity index (χ2n) is 8.49. The van der Waals surface area contributed by atoms with E-state index >= 15 is 0 Å². The summed E-state index contributed by atoms with van der Waals surface area (Å²) in [6.45, 7) is 7.76. The average molecular weight is 401 g/mol. The molecule has 146 valence electrons. The van der Waals surface area contributed by atoms with Crippen molar-refractivity contribution < 1.29 is 9.90 Å². The van der Waals surface area contributed by atoms with Gasteiger partial charge in [0.2, 0.25) is 11.8 Å². The van der Waals surface area contributed by atoms with Crippen LogP contribution in [0, 0.1) is 23.7 Å². The summed E-state index contributed by atoms with van der Waals surface area (Å²) in [6, 6.07) is 4.67. The van der Waals surface area contributed by atoms with E-state index in [-0.39, 0.29) is 34.6 Å². The van der Waals surface area contributed by atoms with Crippen LogP contribution in [0.25, 0.3) is 5.69 Å². The van der Waals surface area contributed by atoms with Crippen molar-refractivity contribution in [2.24, 2.45) is 5.41 Å². The Balaban J connectivity index is 1.86. The lowest BCUT2D eigenvalue weighted by Gasteiger charge is -2.32. The Kier molecular flexibility index (Phi) is 3.92. The van der Waals surface area contributed by atoms with Gasteiger partial charge in [0.25, 0.3) is 0 Å². The highest BCUT2D eigenvalue weighted by Crippen LogP contribution is 2.49. The largest absolute Gasteiger partial charge is 0.493 e. The smallest absolute Gasteiger partial charge is 0.336 e. The van der Waals surface area contributed by atoms with Gasteiger partial charge in [-0.05, 0) is 31.0 Å². The number of hydrogen-bond donors (Lipinski definition) is 1. The first-order chi connectivity index (χ1) is 13.1. The van der Waals surface area contributed by atoms with Crippen molar-refractivity contribution in [2.45, 2.75) is 46.2 Å². The molecule has 4 rings (SSSR count). The predicted molar refractivity (Wildman–Crippen MR) is 104 cm³/mol. The predicted octanol–water partition coefficient (Wildman–Crippen LogP) is 3.05. The number of imidazole rings is 1. The van der Waals surface area contributed by atoms with E-state index in [9.17, 15) is 14.7 Å². The molecule has 0 radical (unpaired) electrons. The first-order valence-corrected chi connectivity index (χ1v) is 9.52. The van der Waals surface area contributed by atoms with E-state index in [2.05, 4.69) is 0 Å². The number of nitrogens with zero attached hydrogens (tertiary/aromatic N) is 4. The lowest BCUT2D eigenvalue weighted by Crippen LogP contribution is -2.43. The lowest BCUT2D eigenvalue weighted by molar-refractivity contribution is -0.141. The minimum Gasteiger partial charge on any atom is -0.493 e. The normalized spacial score (nSPS) is 20.4. The number of amides is 1. The molecule has 2 aromatic rings. The summed E-state index contributed by atoms with van der Waals surface area (Å²) in [7, 11) is 0. The van der Waals surface area contributed by atoms with Crippen LogP contribution < -0.4 is 5.69 Å². The van der Waals surface area contributed by atoms with Crippen molar-refractivity contribution in [1.29, 1.82) is 5.26 Å². The molecule has 0 saturated carbocycles. The highest BCUT2D eigenvalue weighted by molar-refractivity contribution is 6.32. The molecule has 2 aliphatic heterocycles. The highest BCUT2D eigenvalue weighted by atomic mass is 35.5. The second kappa shape index (κ2) is 5.89. The van der Waals surface area contributed by atoms with Gasteiger partial charge in [0, 0.05) is 12.0 Å². The maximum atomic E-state index is 13.1. The molecule has 0 spiro atoms. The second-order valence-corrected chi connectivity index (χ2v) is 8.87. The Morgan fingerprint density at radius 3 is 2.64 bits per heavy atom. The molecule has 2 bridgehead atoms. The highest BCUT2D eigenvalue weighted by Gasteiger charge is 2.50. The fraction of sp³-hybridized carbons (Fsp3) is 0.450. The molecule has 1 N–H and O–H groups in total. The summed E-state index contributed by atoms with van der Waals surface area (Å²) < 4.78 is 2.82. The molecule has 2 atom stereocenters. The van der Waals surface area contributed by atoms with Gasteiger partial charge in [0.05, 0.1) is 28.4 Å². The van der Waals surface area contributed by atoms with Crippen LogP contribution in [-0.4, -0.2) is 31.6 Å². The van der Waals surface area contributed by atoms with E-state index in [0.29, 0.717) is 35.5 Å². The monoisotopic (exact) mass is 400 g/mol. The van der Waals surface area contributed by atoms with Gasteiger partial charge in [-0.1, -0.05) is 32.4 Å². The molecule has 28 heavy (non-hydrogen) atoms. The average Bonchev–Trinajstić information content (AvgIpc) is 3.28. The van der Waals surface area contributed by atoms with Gasteiger partial charge >= 0.3 is 5.69 Å². The molecular formula is C20H21ClN4O3. The maximum Gasteiger partial charge on any atom is 0.336 e. The number of aromatic nitrogens is 2. The van der Waals surface area contributed by atoms with Crippen molar-refractivity contribution in [2.75, 3.05) is 6.54 Å². The number of rotatable bonds is 1. The Hall–Kier alpha value is -2.72. The van der Waals surface area contributed by atoms with E-state index in [1.165, 1.54) is 10.6 Å². The summed E-state index contributed by atoms with van der Waals surface area (Å²) in [5.74, 6) is -0.170. The Bertz CT molecular complexity index is 1120. The van der Waals surface area contributed by atoms with Crippen LogP contribution in [-0.2, 0) is 4.79 Å². The number of benzene rings is 1. The van der Waals surface area contributed by atoms with E-state index in [0.717, 1.165) is 0 Å².